The number of methoxy groups -OCH3 is 1. The summed E-state index contributed by atoms with van der Waals surface area (Å²) >= 11 is 0. The lowest BCUT2D eigenvalue weighted by Crippen LogP contribution is -2.38. The second kappa shape index (κ2) is 7.88. The van der Waals surface area contributed by atoms with Crippen molar-refractivity contribution in [3.63, 3.8) is 0 Å². The number of esters is 1. The zero-order chi connectivity index (χ0) is 15.1. The van der Waals surface area contributed by atoms with Gasteiger partial charge in [-0.3, -0.25) is 0 Å². The normalized spacial score (nSPS) is 16.5. The van der Waals surface area contributed by atoms with Gasteiger partial charge in [0.1, 0.15) is 5.75 Å². The first-order valence-electron chi connectivity index (χ1n) is 7.50. The molecular formula is C16H24N2O3. The third-order valence-corrected chi connectivity index (χ3v) is 3.84. The summed E-state index contributed by atoms with van der Waals surface area (Å²) in [5.41, 5.74) is 1.09. The van der Waals surface area contributed by atoms with Gasteiger partial charge in [-0.05, 0) is 43.7 Å². The Kier molecular flexibility index (Phi) is 5.87. The minimum Gasteiger partial charge on any atom is -0.482 e. The topological polar surface area (TPSA) is 50.8 Å². The summed E-state index contributed by atoms with van der Waals surface area (Å²) in [5.74, 6) is 0.298. The van der Waals surface area contributed by atoms with Crippen molar-refractivity contribution in [3.05, 3.63) is 24.3 Å². The molecule has 0 amide bonds. The van der Waals surface area contributed by atoms with E-state index in [1.807, 2.05) is 24.3 Å². The Morgan fingerprint density at radius 2 is 1.95 bits per heavy atom. The maximum absolute atomic E-state index is 11.0. The summed E-state index contributed by atoms with van der Waals surface area (Å²) in [6, 6.07) is 8.24. The minimum atomic E-state index is -0.375. The number of ether oxygens (including phenoxy) is 2. The highest BCUT2D eigenvalue weighted by molar-refractivity contribution is 5.70. The molecule has 0 unspecified atom stereocenters. The molecule has 0 radical (unpaired) electrons. The molecule has 0 aromatic heterocycles. The molecule has 0 saturated carbocycles. The summed E-state index contributed by atoms with van der Waals surface area (Å²) in [5, 5.41) is 3.55. The van der Waals surface area contributed by atoms with Crippen molar-refractivity contribution in [2.45, 2.75) is 25.8 Å². The van der Waals surface area contributed by atoms with Crippen molar-refractivity contribution >= 4 is 11.7 Å². The van der Waals surface area contributed by atoms with Gasteiger partial charge < -0.3 is 19.7 Å². The molecule has 1 N–H and O–H groups in total. The number of benzene rings is 1. The molecule has 0 atom stereocenters. The Bertz CT molecular complexity index is 439. The number of rotatable bonds is 6. The molecule has 1 fully saturated rings. The van der Waals surface area contributed by atoms with Gasteiger partial charge in [-0.2, -0.15) is 0 Å². The maximum atomic E-state index is 11.0. The Morgan fingerprint density at radius 3 is 2.52 bits per heavy atom. The van der Waals surface area contributed by atoms with Crippen molar-refractivity contribution in [3.8, 4) is 5.75 Å². The average Bonchev–Trinajstić information content (AvgIpc) is 2.54. The minimum absolute atomic E-state index is 0.0568. The SMILES string of the molecule is CCN1CCC(Nc2ccc(OCC(=O)OC)cc2)CC1. The van der Waals surface area contributed by atoms with E-state index >= 15 is 0 Å². The van der Waals surface area contributed by atoms with Gasteiger partial charge in [0.25, 0.3) is 0 Å². The van der Waals surface area contributed by atoms with Gasteiger partial charge in [-0.1, -0.05) is 6.92 Å². The monoisotopic (exact) mass is 292 g/mol. The fraction of sp³-hybridized carbons (Fsp3) is 0.562. The standard InChI is InChI=1S/C16H24N2O3/c1-3-18-10-8-14(9-11-18)17-13-4-6-15(7-5-13)21-12-16(19)20-2/h4-7,14,17H,3,8-12H2,1-2H3. The number of nitrogens with zero attached hydrogens (tertiary/aromatic N) is 1. The quantitative estimate of drug-likeness (QED) is 0.814. The van der Waals surface area contributed by atoms with Crippen molar-refractivity contribution in [2.24, 2.45) is 0 Å². The van der Waals surface area contributed by atoms with Gasteiger partial charge >= 0.3 is 5.97 Å². The van der Waals surface area contributed by atoms with Crippen molar-refractivity contribution < 1.29 is 14.3 Å². The second-order valence-corrected chi connectivity index (χ2v) is 5.24. The van der Waals surface area contributed by atoms with E-state index in [2.05, 4.69) is 21.9 Å². The van der Waals surface area contributed by atoms with E-state index in [-0.39, 0.29) is 12.6 Å². The van der Waals surface area contributed by atoms with Crippen LogP contribution in [0.3, 0.4) is 0 Å². The van der Waals surface area contributed by atoms with Crippen molar-refractivity contribution in [1.82, 2.24) is 4.90 Å². The van der Waals surface area contributed by atoms with Gasteiger partial charge in [0, 0.05) is 24.8 Å². The molecule has 5 heteroatoms. The first-order valence-corrected chi connectivity index (χ1v) is 7.50. The fourth-order valence-electron chi connectivity index (χ4n) is 2.48. The van der Waals surface area contributed by atoms with Gasteiger partial charge in [0.2, 0.25) is 0 Å². The predicted molar refractivity (Wildman–Crippen MR) is 82.7 cm³/mol. The highest BCUT2D eigenvalue weighted by Crippen LogP contribution is 2.19. The van der Waals surface area contributed by atoms with Crippen LogP contribution in [-0.4, -0.2) is 50.3 Å². The first kappa shape index (κ1) is 15.6. The van der Waals surface area contributed by atoms with Crippen LogP contribution in [0, 0.1) is 0 Å². The number of hydrogen-bond donors (Lipinski definition) is 1. The Hall–Kier alpha value is -1.75. The van der Waals surface area contributed by atoms with E-state index in [1.54, 1.807) is 0 Å². The summed E-state index contributed by atoms with van der Waals surface area (Å²) < 4.78 is 9.86. The van der Waals surface area contributed by atoms with Gasteiger partial charge in [0.15, 0.2) is 6.61 Å². The first-order chi connectivity index (χ1) is 10.2. The third-order valence-electron chi connectivity index (χ3n) is 3.84. The van der Waals surface area contributed by atoms with E-state index in [0.29, 0.717) is 11.8 Å². The molecule has 21 heavy (non-hydrogen) atoms. The number of nitrogens with one attached hydrogen (secondary N) is 1. The van der Waals surface area contributed by atoms with Crippen LogP contribution in [0.1, 0.15) is 19.8 Å². The van der Waals surface area contributed by atoms with Crippen LogP contribution in [0.2, 0.25) is 0 Å². The number of carbonyl (C=O) groups excluding carboxylic acids is 1. The molecule has 1 aliphatic rings. The fourth-order valence-corrected chi connectivity index (χ4v) is 2.48. The van der Waals surface area contributed by atoms with Crippen LogP contribution in [0.25, 0.3) is 0 Å². The van der Waals surface area contributed by atoms with Gasteiger partial charge in [-0.25, -0.2) is 4.79 Å². The lowest BCUT2D eigenvalue weighted by molar-refractivity contribution is -0.142. The van der Waals surface area contributed by atoms with Gasteiger partial charge in [0.05, 0.1) is 7.11 Å². The number of anilines is 1. The predicted octanol–water partition coefficient (Wildman–Crippen LogP) is 2.13. The van der Waals surface area contributed by atoms with Crippen LogP contribution in [-0.2, 0) is 9.53 Å². The molecule has 5 nitrogen and oxygen atoms in total. The maximum Gasteiger partial charge on any atom is 0.343 e. The van der Waals surface area contributed by atoms with E-state index < -0.39 is 0 Å². The van der Waals surface area contributed by atoms with Crippen LogP contribution in [0.5, 0.6) is 5.75 Å². The molecule has 1 saturated heterocycles. The van der Waals surface area contributed by atoms with Crippen LogP contribution in [0.15, 0.2) is 24.3 Å². The van der Waals surface area contributed by atoms with E-state index in [1.165, 1.54) is 20.0 Å². The number of hydrogen-bond acceptors (Lipinski definition) is 5. The lowest BCUT2D eigenvalue weighted by atomic mass is 10.0. The second-order valence-electron chi connectivity index (χ2n) is 5.24. The number of piperidine rings is 1. The van der Waals surface area contributed by atoms with Crippen LogP contribution >= 0.6 is 0 Å². The van der Waals surface area contributed by atoms with Gasteiger partial charge in [-0.15, -0.1) is 0 Å². The summed E-state index contributed by atoms with van der Waals surface area (Å²) in [6.07, 6.45) is 2.35. The number of likely N-dealkylation sites (tertiary alicyclic amines) is 1. The van der Waals surface area contributed by atoms with Crippen molar-refractivity contribution in [1.29, 1.82) is 0 Å². The Morgan fingerprint density at radius 1 is 1.29 bits per heavy atom. The zero-order valence-electron chi connectivity index (χ0n) is 12.8. The van der Waals surface area contributed by atoms with E-state index in [4.69, 9.17) is 4.74 Å². The molecule has 1 aliphatic heterocycles. The lowest BCUT2D eigenvalue weighted by Gasteiger charge is -2.32. The summed E-state index contributed by atoms with van der Waals surface area (Å²) in [7, 11) is 1.35. The molecule has 0 spiro atoms. The molecule has 116 valence electrons. The molecule has 1 aromatic carbocycles. The Labute approximate surface area is 126 Å². The molecule has 1 heterocycles. The highest BCUT2D eigenvalue weighted by atomic mass is 16.6. The summed E-state index contributed by atoms with van der Waals surface area (Å²) in [4.78, 5) is 13.5. The van der Waals surface area contributed by atoms with E-state index in [9.17, 15) is 4.79 Å². The summed E-state index contributed by atoms with van der Waals surface area (Å²) in [6.45, 7) is 5.61. The smallest absolute Gasteiger partial charge is 0.343 e. The van der Waals surface area contributed by atoms with Crippen LogP contribution < -0.4 is 10.1 Å². The average molecular weight is 292 g/mol. The zero-order valence-corrected chi connectivity index (χ0v) is 12.8. The molecule has 0 aliphatic carbocycles. The molecular weight excluding hydrogens is 268 g/mol. The molecule has 0 bridgehead atoms. The van der Waals surface area contributed by atoms with E-state index in [0.717, 1.165) is 25.3 Å². The molecule has 2 rings (SSSR count). The van der Waals surface area contributed by atoms with Crippen LogP contribution in [0.4, 0.5) is 5.69 Å². The Balaban J connectivity index is 1.78. The number of carbonyl (C=O) groups is 1. The largest absolute Gasteiger partial charge is 0.482 e. The third kappa shape index (κ3) is 4.93. The highest BCUT2D eigenvalue weighted by Gasteiger charge is 2.17. The molecule has 1 aromatic rings. The van der Waals surface area contributed by atoms with Crippen molar-refractivity contribution in [2.75, 3.05) is 38.7 Å².